The van der Waals surface area contributed by atoms with E-state index in [0.29, 0.717) is 25.7 Å². The average Bonchev–Trinajstić information content (AvgIpc) is 2.97. The van der Waals surface area contributed by atoms with Gasteiger partial charge < -0.3 is 10.7 Å². The Morgan fingerprint density at radius 1 is 1.04 bits per heavy atom. The van der Waals surface area contributed by atoms with Crippen LogP contribution in [0, 0.1) is 11.5 Å². The van der Waals surface area contributed by atoms with Crippen molar-refractivity contribution in [1.82, 2.24) is 24.9 Å². The molecule has 0 spiro atoms. The molecule has 0 aliphatic carbocycles. The van der Waals surface area contributed by atoms with Crippen molar-refractivity contribution in [1.29, 1.82) is 0 Å². The first-order valence-corrected chi connectivity index (χ1v) is 13.1. The number of H-pyrrole nitrogens is 1. The molecule has 0 aromatic carbocycles. The Bertz CT molecular complexity index is 971. The van der Waals surface area contributed by atoms with Gasteiger partial charge in [-0.05, 0) is 37.9 Å². The topological polar surface area (TPSA) is 93.4 Å². The van der Waals surface area contributed by atoms with Crippen LogP contribution in [-0.2, 0) is 0 Å². The number of halogens is 4. The zero-order valence-electron chi connectivity index (χ0n) is 14.0. The highest BCUT2D eigenvalue weighted by molar-refractivity contribution is 9.10. The molecule has 3 rings (SSSR count). The van der Waals surface area contributed by atoms with Crippen LogP contribution < -0.4 is 5.73 Å². The first kappa shape index (κ1) is 21.1. The summed E-state index contributed by atoms with van der Waals surface area (Å²) >= 11 is 17.8. The maximum absolute atomic E-state index is 5.74. The van der Waals surface area contributed by atoms with E-state index in [1.807, 2.05) is 6.07 Å². The first-order chi connectivity index (χ1) is 12.1. The van der Waals surface area contributed by atoms with Crippen LogP contribution in [0.15, 0.2) is 21.5 Å². The van der Waals surface area contributed by atoms with Crippen molar-refractivity contribution in [2.45, 2.75) is 19.6 Å². The molecule has 0 amide bonds. The molecular formula is C15H14Br2Cl2N6Si. The highest BCUT2D eigenvalue weighted by atomic mass is 79.9. The van der Waals surface area contributed by atoms with Crippen molar-refractivity contribution in [2.75, 3.05) is 5.73 Å². The van der Waals surface area contributed by atoms with Crippen molar-refractivity contribution < 1.29 is 0 Å². The van der Waals surface area contributed by atoms with Crippen molar-refractivity contribution in [3.8, 4) is 11.5 Å². The first-order valence-electron chi connectivity index (χ1n) is 7.24. The third-order valence-electron chi connectivity index (χ3n) is 2.70. The molecule has 0 saturated heterocycles. The maximum Gasteiger partial charge on any atom is 0.164 e. The van der Waals surface area contributed by atoms with E-state index >= 15 is 0 Å². The Labute approximate surface area is 178 Å². The molecule has 11 heteroatoms. The molecule has 3 aromatic heterocycles. The van der Waals surface area contributed by atoms with Crippen molar-refractivity contribution in [2.24, 2.45) is 0 Å². The van der Waals surface area contributed by atoms with E-state index in [-0.39, 0.29) is 11.0 Å². The van der Waals surface area contributed by atoms with Crippen LogP contribution in [0.4, 0.5) is 5.82 Å². The quantitative estimate of drug-likeness (QED) is 0.309. The van der Waals surface area contributed by atoms with Gasteiger partial charge in [-0.25, -0.2) is 19.9 Å². The molecule has 0 radical (unpaired) electrons. The number of fused-ring (bicyclic) bond motifs is 1. The van der Waals surface area contributed by atoms with Gasteiger partial charge >= 0.3 is 0 Å². The molecule has 0 atom stereocenters. The molecule has 0 aliphatic rings. The summed E-state index contributed by atoms with van der Waals surface area (Å²) in [4.78, 5) is 19.1. The Hall–Kier alpha value is -1.18. The molecule has 3 heterocycles. The summed E-state index contributed by atoms with van der Waals surface area (Å²) in [6.45, 7) is 6.44. The number of nitrogens with two attached hydrogens (primary N) is 1. The van der Waals surface area contributed by atoms with Gasteiger partial charge in [0.05, 0.1) is 0 Å². The zero-order chi connectivity index (χ0) is 19.5. The Morgan fingerprint density at radius 3 is 2.31 bits per heavy atom. The highest BCUT2D eigenvalue weighted by Crippen LogP contribution is 2.21. The molecule has 0 bridgehead atoms. The second kappa shape index (κ2) is 8.67. The lowest BCUT2D eigenvalue weighted by Gasteiger charge is -2.04. The van der Waals surface area contributed by atoms with E-state index in [0.717, 1.165) is 5.52 Å². The predicted octanol–water partition coefficient (Wildman–Crippen LogP) is 5.08. The van der Waals surface area contributed by atoms with Gasteiger partial charge in [0.2, 0.25) is 0 Å². The van der Waals surface area contributed by atoms with E-state index in [1.165, 1.54) is 0 Å². The van der Waals surface area contributed by atoms with Crippen molar-refractivity contribution >= 4 is 80.1 Å². The second-order valence-electron chi connectivity index (χ2n) is 6.06. The van der Waals surface area contributed by atoms with Gasteiger partial charge in [-0.3, -0.25) is 0 Å². The third kappa shape index (κ3) is 5.92. The predicted molar refractivity (Wildman–Crippen MR) is 116 cm³/mol. The van der Waals surface area contributed by atoms with E-state index in [2.05, 4.69) is 87.9 Å². The number of nitrogens with one attached hydrogen (secondary N) is 1. The maximum atomic E-state index is 5.74. The van der Waals surface area contributed by atoms with Crippen LogP contribution in [-0.4, -0.2) is 33.0 Å². The van der Waals surface area contributed by atoms with E-state index in [1.54, 1.807) is 6.20 Å². The zero-order valence-corrected chi connectivity index (χ0v) is 19.7. The SMILES string of the molecule is C[Si](C)(C)C#Cc1nc(Br)c(Cl)nc1N.Clc1nc2[nH]ccc2nc1Br. The van der Waals surface area contributed by atoms with E-state index < -0.39 is 8.07 Å². The number of rotatable bonds is 0. The summed E-state index contributed by atoms with van der Waals surface area (Å²) in [6, 6.07) is 1.84. The van der Waals surface area contributed by atoms with Crippen LogP contribution in [0.2, 0.25) is 29.9 Å². The minimum absolute atomic E-state index is 0.256. The van der Waals surface area contributed by atoms with Crippen LogP contribution >= 0.6 is 55.1 Å². The Morgan fingerprint density at radius 2 is 1.65 bits per heavy atom. The second-order valence-corrected chi connectivity index (χ2v) is 13.0. The third-order valence-corrected chi connectivity index (χ3v) is 5.66. The smallest absolute Gasteiger partial charge is 0.164 e. The Balaban J connectivity index is 0.000000195. The molecule has 136 valence electrons. The normalized spacial score (nSPS) is 10.7. The number of hydrogen-bond acceptors (Lipinski definition) is 5. The van der Waals surface area contributed by atoms with Crippen molar-refractivity contribution in [3.05, 3.63) is 37.5 Å². The van der Waals surface area contributed by atoms with Gasteiger partial charge in [0.1, 0.15) is 22.8 Å². The molecule has 3 aromatic rings. The van der Waals surface area contributed by atoms with Gasteiger partial charge in [0.15, 0.2) is 27.5 Å². The standard InChI is InChI=1S/C9H11BrClN3Si.C6H3BrClN3/c1-15(2,3)5-4-6-9(12)14-8(11)7(10)13-6;7-4-5(8)11-6-3(10-4)1-2-9-6/h1-3H3,(H2,12,14);1-2H,(H,9,11). The minimum atomic E-state index is -1.43. The van der Waals surface area contributed by atoms with E-state index in [9.17, 15) is 0 Å². The number of anilines is 1. The Kier molecular flexibility index (Phi) is 7.04. The summed E-state index contributed by atoms with van der Waals surface area (Å²) in [5, 5.41) is 0.631. The molecule has 6 nitrogen and oxygen atoms in total. The molecular weight excluding hydrogens is 523 g/mol. The molecule has 3 N–H and O–H groups in total. The fraction of sp³-hybridized carbons (Fsp3) is 0.200. The van der Waals surface area contributed by atoms with Gasteiger partial charge in [0, 0.05) is 6.20 Å². The molecule has 0 aliphatic heterocycles. The van der Waals surface area contributed by atoms with Crippen LogP contribution in [0.3, 0.4) is 0 Å². The molecule has 26 heavy (non-hydrogen) atoms. The van der Waals surface area contributed by atoms with Gasteiger partial charge in [-0.15, -0.1) is 5.54 Å². The fourth-order valence-electron chi connectivity index (χ4n) is 1.57. The van der Waals surface area contributed by atoms with Gasteiger partial charge in [-0.2, -0.15) is 0 Å². The molecule has 0 unspecified atom stereocenters. The lowest BCUT2D eigenvalue weighted by molar-refractivity contribution is 1.15. The summed E-state index contributed by atoms with van der Waals surface area (Å²) in [7, 11) is -1.43. The fourth-order valence-corrected chi connectivity index (χ4v) is 2.87. The lowest BCUT2D eigenvalue weighted by Crippen LogP contribution is -2.16. The largest absolute Gasteiger partial charge is 0.381 e. The monoisotopic (exact) mass is 534 g/mol. The summed E-state index contributed by atoms with van der Waals surface area (Å²) in [6.07, 6.45) is 1.77. The number of aromatic amines is 1. The summed E-state index contributed by atoms with van der Waals surface area (Å²) in [5.41, 5.74) is 10.8. The summed E-state index contributed by atoms with van der Waals surface area (Å²) in [5.74, 6) is 3.22. The number of nitrogen functional groups attached to an aromatic ring is 1. The van der Waals surface area contributed by atoms with Crippen LogP contribution in [0.5, 0.6) is 0 Å². The highest BCUT2D eigenvalue weighted by Gasteiger charge is 2.10. The molecule has 0 fully saturated rings. The number of hydrogen-bond donors (Lipinski definition) is 2. The van der Waals surface area contributed by atoms with Gasteiger partial charge in [-0.1, -0.05) is 48.8 Å². The molecule has 0 saturated carbocycles. The lowest BCUT2D eigenvalue weighted by atomic mass is 10.4. The van der Waals surface area contributed by atoms with Crippen LogP contribution in [0.25, 0.3) is 11.2 Å². The minimum Gasteiger partial charge on any atom is -0.381 e. The van der Waals surface area contributed by atoms with E-state index in [4.69, 9.17) is 28.9 Å². The van der Waals surface area contributed by atoms with Gasteiger partial charge in [0.25, 0.3) is 0 Å². The number of nitrogens with zero attached hydrogens (tertiary/aromatic N) is 4. The average molecular weight is 537 g/mol. The van der Waals surface area contributed by atoms with Crippen molar-refractivity contribution in [3.63, 3.8) is 0 Å². The van der Waals surface area contributed by atoms with Crippen LogP contribution in [0.1, 0.15) is 5.69 Å². The summed E-state index contributed by atoms with van der Waals surface area (Å²) < 4.78 is 1.05. The number of aromatic nitrogens is 5.